The average molecular weight is 336 g/mol. The molecule has 5 nitrogen and oxygen atoms in total. The fourth-order valence-electron chi connectivity index (χ4n) is 2.75. The van der Waals surface area contributed by atoms with Crippen LogP contribution in [0.2, 0.25) is 0 Å². The van der Waals surface area contributed by atoms with Crippen LogP contribution in [0.3, 0.4) is 0 Å². The zero-order valence-corrected chi connectivity index (χ0v) is 13.9. The molecule has 1 saturated carbocycles. The highest BCUT2D eigenvalue weighted by atomic mass is 16.5. The lowest BCUT2D eigenvalue weighted by Crippen LogP contribution is -2.35. The maximum Gasteiger partial charge on any atom is 0.254 e. The number of rotatable bonds is 7. The fourth-order valence-corrected chi connectivity index (χ4v) is 2.75. The number of nitriles is 1. The molecule has 0 atom stereocenters. The molecule has 2 aromatic carbocycles. The van der Waals surface area contributed by atoms with Gasteiger partial charge in [0, 0.05) is 18.2 Å². The third-order valence-electron chi connectivity index (χ3n) is 4.17. The molecule has 2 aromatic rings. The minimum absolute atomic E-state index is 0.0318. The van der Waals surface area contributed by atoms with Crippen LogP contribution >= 0.6 is 0 Å². The summed E-state index contributed by atoms with van der Waals surface area (Å²) in [5, 5.41) is 18.3. The number of aliphatic hydroxyl groups is 1. The summed E-state index contributed by atoms with van der Waals surface area (Å²) < 4.78 is 5.73. The summed E-state index contributed by atoms with van der Waals surface area (Å²) in [5.74, 6) is 0.470. The molecule has 1 aliphatic carbocycles. The van der Waals surface area contributed by atoms with Crippen molar-refractivity contribution in [3.8, 4) is 11.8 Å². The number of nitrogens with zero attached hydrogens (tertiary/aromatic N) is 2. The maximum absolute atomic E-state index is 12.7. The smallest absolute Gasteiger partial charge is 0.254 e. The van der Waals surface area contributed by atoms with Gasteiger partial charge in [-0.1, -0.05) is 24.3 Å². The van der Waals surface area contributed by atoms with Gasteiger partial charge in [0.25, 0.3) is 5.91 Å². The summed E-state index contributed by atoms with van der Waals surface area (Å²) in [5.41, 5.74) is 1.94. The summed E-state index contributed by atoms with van der Waals surface area (Å²) in [4.78, 5) is 14.4. The lowest BCUT2D eigenvalue weighted by Gasteiger charge is -2.21. The standard InChI is InChI=1S/C20H20N2O3/c21-13-17-5-1-2-7-19(17)25-14-15-4-3-6-16(12-15)20(24)22(10-11-23)18-8-9-18/h1-7,12,18,23H,8-11,14H2. The number of carbonyl (C=O) groups excluding carboxylic acids is 1. The molecule has 1 amide bonds. The van der Waals surface area contributed by atoms with Gasteiger partial charge in [0.15, 0.2) is 0 Å². The van der Waals surface area contributed by atoms with E-state index in [1.165, 1.54) is 0 Å². The molecule has 0 unspecified atom stereocenters. The lowest BCUT2D eigenvalue weighted by molar-refractivity contribution is 0.0707. The van der Waals surface area contributed by atoms with Crippen LogP contribution in [0, 0.1) is 11.3 Å². The Morgan fingerprint density at radius 3 is 2.76 bits per heavy atom. The van der Waals surface area contributed by atoms with E-state index in [0.717, 1.165) is 18.4 Å². The van der Waals surface area contributed by atoms with Crippen molar-refractivity contribution in [2.75, 3.05) is 13.2 Å². The molecular weight excluding hydrogens is 316 g/mol. The van der Waals surface area contributed by atoms with Gasteiger partial charge in [-0.3, -0.25) is 4.79 Å². The molecule has 0 spiro atoms. The predicted octanol–water partition coefficient (Wildman–Crippen LogP) is 2.73. The highest BCUT2D eigenvalue weighted by molar-refractivity contribution is 5.94. The van der Waals surface area contributed by atoms with Gasteiger partial charge < -0.3 is 14.7 Å². The van der Waals surface area contributed by atoms with E-state index in [-0.39, 0.29) is 25.2 Å². The molecule has 5 heteroatoms. The van der Waals surface area contributed by atoms with Crippen molar-refractivity contribution in [1.29, 1.82) is 5.26 Å². The van der Waals surface area contributed by atoms with Crippen molar-refractivity contribution in [2.24, 2.45) is 0 Å². The maximum atomic E-state index is 12.7. The van der Waals surface area contributed by atoms with Gasteiger partial charge in [-0.25, -0.2) is 0 Å². The Morgan fingerprint density at radius 1 is 1.24 bits per heavy atom. The highest BCUT2D eigenvalue weighted by Gasteiger charge is 2.32. The molecule has 0 aliphatic heterocycles. The number of benzene rings is 2. The molecule has 128 valence electrons. The first-order chi connectivity index (χ1) is 12.2. The number of para-hydroxylation sites is 1. The molecule has 25 heavy (non-hydrogen) atoms. The molecule has 1 fully saturated rings. The van der Waals surface area contributed by atoms with Gasteiger partial charge in [-0.2, -0.15) is 5.26 Å². The monoisotopic (exact) mass is 336 g/mol. The number of hydrogen-bond donors (Lipinski definition) is 1. The molecule has 3 rings (SSSR count). The lowest BCUT2D eigenvalue weighted by atomic mass is 10.1. The number of hydrogen-bond acceptors (Lipinski definition) is 4. The third-order valence-corrected chi connectivity index (χ3v) is 4.17. The van der Waals surface area contributed by atoms with Crippen LogP contribution in [-0.4, -0.2) is 35.1 Å². The topological polar surface area (TPSA) is 73.6 Å². The molecular formula is C20H20N2O3. The highest BCUT2D eigenvalue weighted by Crippen LogP contribution is 2.28. The average Bonchev–Trinajstić information content (AvgIpc) is 3.49. The van der Waals surface area contributed by atoms with E-state index in [0.29, 0.717) is 23.4 Å². The fraction of sp³-hybridized carbons (Fsp3) is 0.300. The van der Waals surface area contributed by atoms with Crippen LogP contribution < -0.4 is 4.74 Å². The second-order valence-electron chi connectivity index (χ2n) is 6.05. The summed E-state index contributed by atoms with van der Waals surface area (Å²) in [7, 11) is 0. The van der Waals surface area contributed by atoms with Crippen molar-refractivity contribution < 1.29 is 14.6 Å². The second-order valence-corrected chi connectivity index (χ2v) is 6.05. The van der Waals surface area contributed by atoms with Gasteiger partial charge in [0.05, 0.1) is 12.2 Å². The van der Waals surface area contributed by atoms with Gasteiger partial charge in [0.2, 0.25) is 0 Å². The van der Waals surface area contributed by atoms with Crippen molar-refractivity contribution in [2.45, 2.75) is 25.5 Å². The van der Waals surface area contributed by atoms with Crippen LogP contribution in [0.5, 0.6) is 5.75 Å². The van der Waals surface area contributed by atoms with E-state index in [4.69, 9.17) is 10.00 Å². The molecule has 1 N–H and O–H groups in total. The van der Waals surface area contributed by atoms with E-state index in [1.54, 1.807) is 29.2 Å². The Hall–Kier alpha value is -2.84. The van der Waals surface area contributed by atoms with Crippen LogP contribution in [0.15, 0.2) is 48.5 Å². The van der Waals surface area contributed by atoms with Crippen LogP contribution in [0.4, 0.5) is 0 Å². The van der Waals surface area contributed by atoms with Crippen molar-refractivity contribution >= 4 is 5.91 Å². The number of amides is 1. The molecule has 0 radical (unpaired) electrons. The summed E-state index contributed by atoms with van der Waals surface area (Å²) in [6.45, 7) is 0.610. The van der Waals surface area contributed by atoms with E-state index in [2.05, 4.69) is 6.07 Å². The summed E-state index contributed by atoms with van der Waals surface area (Å²) in [6, 6.07) is 16.7. The van der Waals surface area contributed by atoms with Crippen molar-refractivity contribution in [3.05, 3.63) is 65.2 Å². The van der Waals surface area contributed by atoms with E-state index in [1.807, 2.05) is 24.3 Å². The van der Waals surface area contributed by atoms with Gasteiger partial charge in [0.1, 0.15) is 18.4 Å². The van der Waals surface area contributed by atoms with Crippen LogP contribution in [0.25, 0.3) is 0 Å². The second kappa shape index (κ2) is 7.82. The molecule has 0 heterocycles. The van der Waals surface area contributed by atoms with Crippen molar-refractivity contribution in [1.82, 2.24) is 4.90 Å². The Balaban J connectivity index is 1.71. The minimum atomic E-state index is -0.0594. The molecule has 1 aliphatic rings. The Kier molecular flexibility index (Phi) is 5.32. The zero-order valence-electron chi connectivity index (χ0n) is 13.9. The van der Waals surface area contributed by atoms with Crippen LogP contribution in [-0.2, 0) is 6.61 Å². The quantitative estimate of drug-likeness (QED) is 0.844. The minimum Gasteiger partial charge on any atom is -0.488 e. The molecule has 0 aromatic heterocycles. The number of aliphatic hydroxyl groups excluding tert-OH is 1. The first-order valence-corrected chi connectivity index (χ1v) is 8.35. The van der Waals surface area contributed by atoms with Crippen LogP contribution in [0.1, 0.15) is 34.3 Å². The Bertz CT molecular complexity index is 794. The normalized spacial score (nSPS) is 13.1. The third kappa shape index (κ3) is 4.17. The largest absolute Gasteiger partial charge is 0.488 e. The zero-order chi connectivity index (χ0) is 17.6. The van der Waals surface area contributed by atoms with E-state index >= 15 is 0 Å². The number of ether oxygens (including phenoxy) is 1. The SMILES string of the molecule is N#Cc1ccccc1OCc1cccc(C(=O)N(CCO)C2CC2)c1. The first-order valence-electron chi connectivity index (χ1n) is 8.35. The summed E-state index contributed by atoms with van der Waals surface area (Å²) in [6.07, 6.45) is 2.00. The Morgan fingerprint density at radius 2 is 2.04 bits per heavy atom. The van der Waals surface area contributed by atoms with Gasteiger partial charge in [-0.05, 0) is 42.7 Å². The van der Waals surface area contributed by atoms with E-state index in [9.17, 15) is 9.90 Å². The molecule has 0 saturated heterocycles. The number of carbonyl (C=O) groups is 1. The van der Waals surface area contributed by atoms with Gasteiger partial charge in [-0.15, -0.1) is 0 Å². The van der Waals surface area contributed by atoms with Gasteiger partial charge >= 0.3 is 0 Å². The predicted molar refractivity (Wildman–Crippen MR) is 93.1 cm³/mol. The first kappa shape index (κ1) is 17.0. The molecule has 0 bridgehead atoms. The van der Waals surface area contributed by atoms with Crippen molar-refractivity contribution in [3.63, 3.8) is 0 Å². The van der Waals surface area contributed by atoms with E-state index < -0.39 is 0 Å². The summed E-state index contributed by atoms with van der Waals surface area (Å²) >= 11 is 0. The Labute approximate surface area is 147 Å².